The van der Waals surface area contributed by atoms with Crippen molar-refractivity contribution in [3.8, 4) is 5.75 Å². The van der Waals surface area contributed by atoms with Crippen LogP contribution in [0.4, 0.5) is 0 Å². The standard InChI is InChI=1S/C23H28N2O5S/c26-21(13-18(14-23(28)29)20-7-4-12-31-20)24-15-17-8-10-25(11-9-17)22(27)16-30-19-5-2-1-3-6-19/h1-7,12,17-18H,8-11,13-16H2,(H,24,26)(H,28,29). The lowest BCUT2D eigenvalue weighted by Gasteiger charge is -2.32. The minimum Gasteiger partial charge on any atom is -0.484 e. The Bertz CT molecular complexity index is 848. The van der Waals surface area contributed by atoms with Gasteiger partial charge in [0.15, 0.2) is 6.61 Å². The number of nitrogens with zero attached hydrogens (tertiary/aromatic N) is 1. The van der Waals surface area contributed by atoms with Crippen molar-refractivity contribution in [1.29, 1.82) is 0 Å². The summed E-state index contributed by atoms with van der Waals surface area (Å²) in [5, 5.41) is 14.0. The number of para-hydroxylation sites is 1. The lowest BCUT2D eigenvalue weighted by Crippen LogP contribution is -2.43. The van der Waals surface area contributed by atoms with Crippen molar-refractivity contribution in [2.75, 3.05) is 26.2 Å². The van der Waals surface area contributed by atoms with Gasteiger partial charge in [-0.1, -0.05) is 24.3 Å². The van der Waals surface area contributed by atoms with Crippen LogP contribution in [0.1, 0.15) is 36.5 Å². The third kappa shape index (κ3) is 7.40. The molecule has 1 saturated heterocycles. The summed E-state index contributed by atoms with van der Waals surface area (Å²) in [4.78, 5) is 38.6. The second-order valence-corrected chi connectivity index (χ2v) is 8.72. The van der Waals surface area contributed by atoms with E-state index in [9.17, 15) is 14.4 Å². The topological polar surface area (TPSA) is 95.9 Å². The second kappa shape index (κ2) is 11.5. The van der Waals surface area contributed by atoms with Gasteiger partial charge in [0.2, 0.25) is 5.91 Å². The molecule has 1 atom stereocenters. The van der Waals surface area contributed by atoms with Crippen LogP contribution in [0.5, 0.6) is 5.75 Å². The molecule has 3 rings (SSSR count). The number of thiophene rings is 1. The van der Waals surface area contributed by atoms with Crippen molar-refractivity contribution in [2.45, 2.75) is 31.6 Å². The molecule has 1 unspecified atom stereocenters. The van der Waals surface area contributed by atoms with Crippen molar-refractivity contribution < 1.29 is 24.2 Å². The Hall–Kier alpha value is -2.87. The highest BCUT2D eigenvalue weighted by Crippen LogP contribution is 2.27. The third-order valence-electron chi connectivity index (χ3n) is 5.46. The van der Waals surface area contributed by atoms with Crippen LogP contribution >= 0.6 is 11.3 Å². The van der Waals surface area contributed by atoms with Gasteiger partial charge in [-0.2, -0.15) is 0 Å². The molecule has 2 N–H and O–H groups in total. The SMILES string of the molecule is O=C(O)CC(CC(=O)NCC1CCN(C(=O)COc2ccccc2)CC1)c1cccs1. The summed E-state index contributed by atoms with van der Waals surface area (Å²) >= 11 is 1.48. The molecule has 1 fully saturated rings. The Morgan fingerprint density at radius 3 is 2.48 bits per heavy atom. The number of likely N-dealkylation sites (tertiary alicyclic amines) is 1. The van der Waals surface area contributed by atoms with Crippen LogP contribution in [0.15, 0.2) is 47.8 Å². The fourth-order valence-corrected chi connectivity index (χ4v) is 4.53. The highest BCUT2D eigenvalue weighted by molar-refractivity contribution is 7.10. The average Bonchev–Trinajstić information content (AvgIpc) is 3.31. The number of hydrogen-bond acceptors (Lipinski definition) is 5. The molecule has 1 aromatic carbocycles. The Kier molecular flexibility index (Phi) is 8.46. The Morgan fingerprint density at radius 2 is 1.84 bits per heavy atom. The van der Waals surface area contributed by atoms with Crippen LogP contribution in [0.2, 0.25) is 0 Å². The van der Waals surface area contributed by atoms with E-state index in [0.717, 1.165) is 17.7 Å². The molecule has 0 bridgehead atoms. The summed E-state index contributed by atoms with van der Waals surface area (Å²) in [5.41, 5.74) is 0. The molecule has 0 radical (unpaired) electrons. The fourth-order valence-electron chi connectivity index (χ4n) is 3.70. The molecule has 1 aliphatic heterocycles. The first-order valence-corrected chi connectivity index (χ1v) is 11.4. The van der Waals surface area contributed by atoms with Gasteiger partial charge in [0.1, 0.15) is 5.75 Å². The molecule has 0 spiro atoms. The fraction of sp³-hybridized carbons (Fsp3) is 0.435. The van der Waals surface area contributed by atoms with Gasteiger partial charge in [-0.05, 0) is 42.3 Å². The van der Waals surface area contributed by atoms with Gasteiger partial charge in [0.05, 0.1) is 6.42 Å². The Balaban J connectivity index is 1.37. The predicted octanol–water partition coefficient (Wildman–Crippen LogP) is 3.13. The van der Waals surface area contributed by atoms with E-state index >= 15 is 0 Å². The van der Waals surface area contributed by atoms with E-state index in [1.54, 1.807) is 4.90 Å². The molecule has 0 aliphatic carbocycles. The molecule has 166 valence electrons. The normalized spacial score (nSPS) is 15.3. The second-order valence-electron chi connectivity index (χ2n) is 7.74. The van der Waals surface area contributed by atoms with Gasteiger partial charge in [-0.25, -0.2) is 0 Å². The number of benzene rings is 1. The number of rotatable bonds is 10. The van der Waals surface area contributed by atoms with Gasteiger partial charge in [0.25, 0.3) is 5.91 Å². The van der Waals surface area contributed by atoms with Gasteiger partial charge < -0.3 is 20.1 Å². The lowest BCUT2D eigenvalue weighted by atomic mass is 9.96. The zero-order valence-corrected chi connectivity index (χ0v) is 18.2. The number of carboxylic acid groups (broad SMARTS) is 1. The van der Waals surface area contributed by atoms with E-state index in [-0.39, 0.29) is 37.2 Å². The van der Waals surface area contributed by atoms with Gasteiger partial charge >= 0.3 is 5.97 Å². The van der Waals surface area contributed by atoms with Crippen LogP contribution in [-0.4, -0.2) is 54.0 Å². The van der Waals surface area contributed by atoms with Gasteiger partial charge in [-0.15, -0.1) is 11.3 Å². The number of ether oxygens (including phenoxy) is 1. The summed E-state index contributed by atoms with van der Waals surface area (Å²) in [6.45, 7) is 1.87. The maximum absolute atomic E-state index is 12.4. The number of carboxylic acids is 1. The van der Waals surface area contributed by atoms with Crippen LogP contribution in [0, 0.1) is 5.92 Å². The number of carbonyl (C=O) groups is 3. The first-order chi connectivity index (χ1) is 15.0. The smallest absolute Gasteiger partial charge is 0.304 e. The zero-order chi connectivity index (χ0) is 22.1. The molecule has 1 aliphatic rings. The van der Waals surface area contributed by atoms with E-state index in [4.69, 9.17) is 9.84 Å². The van der Waals surface area contributed by atoms with Crippen LogP contribution in [-0.2, 0) is 14.4 Å². The number of amides is 2. The molecule has 31 heavy (non-hydrogen) atoms. The van der Waals surface area contributed by atoms with Crippen molar-refractivity contribution in [3.05, 3.63) is 52.7 Å². The van der Waals surface area contributed by atoms with E-state index in [2.05, 4.69) is 5.32 Å². The highest BCUT2D eigenvalue weighted by Gasteiger charge is 2.24. The minimum absolute atomic E-state index is 0.0269. The van der Waals surface area contributed by atoms with Crippen LogP contribution < -0.4 is 10.1 Å². The first kappa shape index (κ1) is 22.8. The first-order valence-electron chi connectivity index (χ1n) is 10.5. The Morgan fingerprint density at radius 1 is 1.10 bits per heavy atom. The number of nitrogens with one attached hydrogen (secondary N) is 1. The van der Waals surface area contributed by atoms with E-state index in [0.29, 0.717) is 31.3 Å². The highest BCUT2D eigenvalue weighted by atomic mass is 32.1. The summed E-state index contributed by atoms with van der Waals surface area (Å²) < 4.78 is 5.53. The largest absolute Gasteiger partial charge is 0.484 e. The third-order valence-corrected chi connectivity index (χ3v) is 6.49. The van der Waals surface area contributed by atoms with Crippen LogP contribution in [0.25, 0.3) is 0 Å². The quantitative estimate of drug-likeness (QED) is 0.587. The molecular weight excluding hydrogens is 416 g/mol. The zero-order valence-electron chi connectivity index (χ0n) is 17.4. The summed E-state index contributed by atoms with van der Waals surface area (Å²) in [6, 6.07) is 13.0. The molecule has 2 aromatic rings. The van der Waals surface area contributed by atoms with E-state index < -0.39 is 5.97 Å². The van der Waals surface area contributed by atoms with E-state index in [1.165, 1.54) is 11.3 Å². The molecule has 1 aromatic heterocycles. The van der Waals surface area contributed by atoms with Crippen molar-refractivity contribution in [1.82, 2.24) is 10.2 Å². The number of aliphatic carboxylic acids is 1. The van der Waals surface area contributed by atoms with E-state index in [1.807, 2.05) is 47.8 Å². The average molecular weight is 445 g/mol. The molecule has 2 amide bonds. The molecule has 8 heteroatoms. The monoisotopic (exact) mass is 444 g/mol. The number of hydrogen-bond donors (Lipinski definition) is 2. The van der Waals surface area contributed by atoms with Crippen molar-refractivity contribution >= 4 is 29.1 Å². The molecular formula is C23H28N2O5S. The summed E-state index contributed by atoms with van der Waals surface area (Å²) in [5.74, 6) is -0.380. The van der Waals surface area contributed by atoms with Gasteiger partial charge in [0, 0.05) is 36.9 Å². The summed E-state index contributed by atoms with van der Waals surface area (Å²) in [7, 11) is 0. The lowest BCUT2D eigenvalue weighted by molar-refractivity contribution is -0.138. The maximum Gasteiger partial charge on any atom is 0.304 e. The maximum atomic E-state index is 12.4. The Labute approximate surface area is 186 Å². The van der Waals surface area contributed by atoms with Crippen molar-refractivity contribution in [2.24, 2.45) is 5.92 Å². The van der Waals surface area contributed by atoms with Gasteiger partial charge in [-0.3, -0.25) is 14.4 Å². The number of piperidine rings is 1. The predicted molar refractivity (Wildman–Crippen MR) is 118 cm³/mol. The molecule has 7 nitrogen and oxygen atoms in total. The number of carbonyl (C=O) groups excluding carboxylic acids is 2. The summed E-state index contributed by atoms with van der Waals surface area (Å²) in [6.07, 6.45) is 1.75. The van der Waals surface area contributed by atoms with Crippen molar-refractivity contribution in [3.63, 3.8) is 0 Å². The van der Waals surface area contributed by atoms with Crippen LogP contribution in [0.3, 0.4) is 0 Å². The minimum atomic E-state index is -0.903. The molecule has 0 saturated carbocycles. The molecule has 2 heterocycles.